The van der Waals surface area contributed by atoms with E-state index in [9.17, 15) is 4.39 Å². The molecule has 1 aliphatic carbocycles. The minimum Gasteiger partial charge on any atom is -0.314 e. The predicted molar refractivity (Wildman–Crippen MR) is 98.2 cm³/mol. The summed E-state index contributed by atoms with van der Waals surface area (Å²) in [5.41, 5.74) is 4.91. The van der Waals surface area contributed by atoms with Gasteiger partial charge in [0.05, 0.1) is 11.4 Å². The van der Waals surface area contributed by atoms with Crippen LogP contribution in [0.2, 0.25) is 0 Å². The molecule has 0 atom stereocenters. The number of halogens is 3. The van der Waals surface area contributed by atoms with Crippen LogP contribution in [0.25, 0.3) is 5.69 Å². The number of aromatic nitrogens is 2. The summed E-state index contributed by atoms with van der Waals surface area (Å²) in [6.45, 7) is 5.20. The maximum atomic E-state index is 13.1. The lowest BCUT2D eigenvalue weighted by molar-refractivity contribution is 0.230. The molecular formula is C17H23Cl2FN4. The summed E-state index contributed by atoms with van der Waals surface area (Å²) in [5.74, 6) is -0.200. The third kappa shape index (κ3) is 3.75. The summed E-state index contributed by atoms with van der Waals surface area (Å²) in [4.78, 5) is 2.46. The Bertz CT molecular complexity index is 666. The third-order valence-electron chi connectivity index (χ3n) is 4.67. The molecule has 24 heavy (non-hydrogen) atoms. The first-order valence-electron chi connectivity index (χ1n) is 8.10. The highest BCUT2D eigenvalue weighted by atomic mass is 35.5. The molecule has 1 aromatic heterocycles. The van der Waals surface area contributed by atoms with E-state index in [1.54, 1.807) is 0 Å². The van der Waals surface area contributed by atoms with Crippen molar-refractivity contribution in [2.75, 3.05) is 26.2 Å². The van der Waals surface area contributed by atoms with Crippen LogP contribution >= 0.6 is 24.8 Å². The Labute approximate surface area is 154 Å². The van der Waals surface area contributed by atoms with Crippen LogP contribution in [0.15, 0.2) is 24.3 Å². The molecule has 4 nitrogen and oxygen atoms in total. The fourth-order valence-electron chi connectivity index (χ4n) is 3.52. The van der Waals surface area contributed by atoms with E-state index in [2.05, 4.69) is 10.2 Å². The molecule has 2 aromatic rings. The molecule has 1 fully saturated rings. The van der Waals surface area contributed by atoms with Gasteiger partial charge in [-0.2, -0.15) is 5.10 Å². The summed E-state index contributed by atoms with van der Waals surface area (Å²) in [6, 6.07) is 6.65. The maximum absolute atomic E-state index is 13.1. The van der Waals surface area contributed by atoms with Gasteiger partial charge in [0.2, 0.25) is 0 Å². The molecule has 0 amide bonds. The second-order valence-corrected chi connectivity index (χ2v) is 6.14. The molecule has 1 aliphatic heterocycles. The van der Waals surface area contributed by atoms with Crippen LogP contribution in [-0.4, -0.2) is 40.9 Å². The molecule has 2 aliphatic rings. The average Bonchev–Trinajstić information content (AvgIpc) is 3.13. The summed E-state index contributed by atoms with van der Waals surface area (Å²) in [6.07, 6.45) is 3.39. The van der Waals surface area contributed by atoms with Crippen LogP contribution in [0.1, 0.15) is 23.4 Å². The van der Waals surface area contributed by atoms with Crippen molar-refractivity contribution in [1.82, 2.24) is 20.0 Å². The van der Waals surface area contributed by atoms with E-state index >= 15 is 0 Å². The van der Waals surface area contributed by atoms with Crippen LogP contribution in [0, 0.1) is 5.82 Å². The Balaban J connectivity index is 0.00000104. The first-order valence-corrected chi connectivity index (χ1v) is 8.10. The smallest absolute Gasteiger partial charge is 0.123 e. The number of fused-ring (bicyclic) bond motifs is 1. The first kappa shape index (κ1) is 19.2. The highest BCUT2D eigenvalue weighted by Gasteiger charge is 2.24. The zero-order valence-corrected chi connectivity index (χ0v) is 15.1. The van der Waals surface area contributed by atoms with Gasteiger partial charge >= 0.3 is 0 Å². The lowest BCUT2D eigenvalue weighted by Gasteiger charge is -2.26. The van der Waals surface area contributed by atoms with E-state index in [1.165, 1.54) is 35.5 Å². The Morgan fingerprint density at radius 3 is 2.46 bits per heavy atom. The second-order valence-electron chi connectivity index (χ2n) is 6.14. The fourth-order valence-corrected chi connectivity index (χ4v) is 3.52. The largest absolute Gasteiger partial charge is 0.314 e. The van der Waals surface area contributed by atoms with Gasteiger partial charge in [-0.1, -0.05) is 0 Å². The number of hydrogen-bond donors (Lipinski definition) is 1. The summed E-state index contributed by atoms with van der Waals surface area (Å²) < 4.78 is 15.2. The minimum atomic E-state index is -0.200. The SMILES string of the molecule is Cl.Cl.Fc1ccc(-n2nc(CN3CCNCC3)c3c2CCC3)cc1. The molecule has 0 saturated carbocycles. The van der Waals surface area contributed by atoms with Crippen LogP contribution in [-0.2, 0) is 19.4 Å². The second kappa shape index (κ2) is 8.30. The zero-order chi connectivity index (χ0) is 14.9. The fraction of sp³-hybridized carbons (Fsp3) is 0.471. The van der Waals surface area contributed by atoms with Crippen molar-refractivity contribution in [3.63, 3.8) is 0 Å². The van der Waals surface area contributed by atoms with Gasteiger partial charge in [0, 0.05) is 38.4 Å². The molecule has 1 N–H and O–H groups in total. The Morgan fingerprint density at radius 2 is 1.75 bits per heavy atom. The van der Waals surface area contributed by atoms with E-state index in [1.807, 2.05) is 16.8 Å². The summed E-state index contributed by atoms with van der Waals surface area (Å²) in [5, 5.41) is 8.24. The van der Waals surface area contributed by atoms with Crippen molar-refractivity contribution < 1.29 is 4.39 Å². The molecule has 0 unspecified atom stereocenters. The van der Waals surface area contributed by atoms with Gasteiger partial charge in [-0.05, 0) is 49.1 Å². The number of nitrogens with zero attached hydrogens (tertiary/aromatic N) is 3. The number of piperazine rings is 1. The van der Waals surface area contributed by atoms with Crippen molar-refractivity contribution in [1.29, 1.82) is 0 Å². The van der Waals surface area contributed by atoms with Crippen molar-refractivity contribution in [2.45, 2.75) is 25.8 Å². The highest BCUT2D eigenvalue weighted by Crippen LogP contribution is 2.28. The number of benzene rings is 1. The molecule has 7 heteroatoms. The lowest BCUT2D eigenvalue weighted by atomic mass is 10.2. The van der Waals surface area contributed by atoms with E-state index in [0.717, 1.165) is 51.3 Å². The van der Waals surface area contributed by atoms with Crippen molar-refractivity contribution in [3.05, 3.63) is 47.0 Å². The van der Waals surface area contributed by atoms with Crippen molar-refractivity contribution in [3.8, 4) is 5.69 Å². The number of nitrogens with one attached hydrogen (secondary N) is 1. The summed E-state index contributed by atoms with van der Waals surface area (Å²) >= 11 is 0. The van der Waals surface area contributed by atoms with Crippen molar-refractivity contribution >= 4 is 24.8 Å². The minimum absolute atomic E-state index is 0. The van der Waals surface area contributed by atoms with Gasteiger partial charge in [0.15, 0.2) is 0 Å². The normalized spacial score (nSPS) is 17.0. The van der Waals surface area contributed by atoms with E-state index in [0.29, 0.717) is 0 Å². The average molecular weight is 373 g/mol. The maximum Gasteiger partial charge on any atom is 0.123 e. The number of rotatable bonds is 3. The summed E-state index contributed by atoms with van der Waals surface area (Å²) in [7, 11) is 0. The van der Waals surface area contributed by atoms with Gasteiger partial charge in [-0.3, -0.25) is 4.90 Å². The van der Waals surface area contributed by atoms with Gasteiger partial charge in [0.1, 0.15) is 5.82 Å². The molecule has 4 rings (SSSR count). The van der Waals surface area contributed by atoms with E-state index in [-0.39, 0.29) is 30.6 Å². The van der Waals surface area contributed by atoms with Gasteiger partial charge in [-0.25, -0.2) is 9.07 Å². The zero-order valence-electron chi connectivity index (χ0n) is 13.5. The number of hydrogen-bond acceptors (Lipinski definition) is 3. The molecule has 0 spiro atoms. The van der Waals surface area contributed by atoms with Crippen LogP contribution in [0.4, 0.5) is 4.39 Å². The topological polar surface area (TPSA) is 33.1 Å². The van der Waals surface area contributed by atoms with Crippen LogP contribution in [0.3, 0.4) is 0 Å². The predicted octanol–water partition coefficient (Wildman–Crippen LogP) is 2.75. The van der Waals surface area contributed by atoms with Crippen LogP contribution in [0.5, 0.6) is 0 Å². The van der Waals surface area contributed by atoms with E-state index < -0.39 is 0 Å². The molecule has 0 radical (unpaired) electrons. The molecular weight excluding hydrogens is 350 g/mol. The Kier molecular flexibility index (Phi) is 6.63. The van der Waals surface area contributed by atoms with E-state index in [4.69, 9.17) is 5.10 Å². The molecule has 1 saturated heterocycles. The molecule has 0 bridgehead atoms. The monoisotopic (exact) mass is 372 g/mol. The van der Waals surface area contributed by atoms with Crippen LogP contribution < -0.4 is 5.32 Å². The van der Waals surface area contributed by atoms with Crippen molar-refractivity contribution in [2.24, 2.45) is 0 Å². The quantitative estimate of drug-likeness (QED) is 0.898. The molecule has 132 valence electrons. The lowest BCUT2D eigenvalue weighted by Crippen LogP contribution is -2.43. The highest BCUT2D eigenvalue weighted by molar-refractivity contribution is 5.85. The Morgan fingerprint density at radius 1 is 1.04 bits per heavy atom. The van der Waals surface area contributed by atoms with Gasteiger partial charge in [-0.15, -0.1) is 24.8 Å². The Hall–Kier alpha value is -1.14. The third-order valence-corrected chi connectivity index (χ3v) is 4.67. The van der Waals surface area contributed by atoms with Gasteiger partial charge in [0.25, 0.3) is 0 Å². The van der Waals surface area contributed by atoms with Gasteiger partial charge < -0.3 is 5.32 Å². The standard InChI is InChI=1S/C17H21FN4.2ClH/c18-13-4-6-14(7-5-13)22-17-3-1-2-15(17)16(20-22)12-21-10-8-19-9-11-21;;/h4-7,19H,1-3,8-12H2;2*1H. The first-order chi connectivity index (χ1) is 10.8. The molecule has 1 aromatic carbocycles. The molecule has 2 heterocycles.